The van der Waals surface area contributed by atoms with Crippen molar-refractivity contribution in [2.45, 2.75) is 65.0 Å². The van der Waals surface area contributed by atoms with Crippen LogP contribution < -0.4 is 5.73 Å². The molecule has 0 aromatic carbocycles. The average Bonchev–Trinajstić information content (AvgIpc) is 1.96. The van der Waals surface area contributed by atoms with E-state index in [2.05, 4.69) is 20.8 Å². The molecule has 0 radical (unpaired) electrons. The summed E-state index contributed by atoms with van der Waals surface area (Å²) in [7, 11) is 0. The number of unbranched alkanes of at least 4 members (excludes halogenated alkanes) is 2. The summed E-state index contributed by atoms with van der Waals surface area (Å²) in [6.45, 7) is 11.1. The zero-order chi connectivity index (χ0) is 10.5. The Labute approximate surface area is 82.8 Å². The van der Waals surface area contributed by atoms with Gasteiger partial charge in [0.2, 0.25) is 0 Å². The first-order valence-electron chi connectivity index (χ1n) is 5.24. The van der Waals surface area contributed by atoms with Gasteiger partial charge in [-0.2, -0.15) is 0 Å². The van der Waals surface area contributed by atoms with Crippen molar-refractivity contribution >= 4 is 0 Å². The van der Waals surface area contributed by atoms with Crippen LogP contribution in [0.4, 0.5) is 0 Å². The summed E-state index contributed by atoms with van der Waals surface area (Å²) in [6.07, 6.45) is 3.60. The topological polar surface area (TPSA) is 35.2 Å². The van der Waals surface area contributed by atoms with Crippen molar-refractivity contribution in [1.29, 1.82) is 0 Å². The second-order valence-electron chi connectivity index (χ2n) is 4.79. The molecule has 0 aliphatic rings. The monoisotopic (exact) mass is 187 g/mol. The van der Waals surface area contributed by atoms with Crippen LogP contribution in [0.1, 0.15) is 53.9 Å². The van der Waals surface area contributed by atoms with E-state index in [1.54, 1.807) is 0 Å². The minimum atomic E-state index is -0.279. The second-order valence-corrected chi connectivity index (χ2v) is 4.79. The second kappa shape index (κ2) is 4.97. The molecule has 0 unspecified atom stereocenters. The standard InChI is InChI=1S/C11H25NO/c1-6-7-8-9-13-11(4,5)10(2,3)12/h6-9,12H2,1-5H3. The minimum Gasteiger partial charge on any atom is -0.374 e. The zero-order valence-corrected chi connectivity index (χ0v) is 9.81. The Morgan fingerprint density at radius 3 is 2.00 bits per heavy atom. The fourth-order valence-electron chi connectivity index (χ4n) is 0.865. The predicted octanol–water partition coefficient (Wildman–Crippen LogP) is 2.71. The maximum atomic E-state index is 6.00. The highest BCUT2D eigenvalue weighted by Crippen LogP contribution is 2.22. The number of rotatable bonds is 6. The van der Waals surface area contributed by atoms with Gasteiger partial charge in [-0.05, 0) is 34.1 Å². The molecule has 0 aromatic heterocycles. The van der Waals surface area contributed by atoms with Crippen LogP contribution in [0.15, 0.2) is 0 Å². The summed E-state index contributed by atoms with van der Waals surface area (Å²) >= 11 is 0. The lowest BCUT2D eigenvalue weighted by molar-refractivity contribution is -0.0630. The van der Waals surface area contributed by atoms with E-state index in [9.17, 15) is 0 Å². The van der Waals surface area contributed by atoms with E-state index >= 15 is 0 Å². The van der Waals surface area contributed by atoms with Gasteiger partial charge in [0.25, 0.3) is 0 Å². The molecule has 0 aliphatic carbocycles. The number of ether oxygens (including phenoxy) is 1. The third-order valence-corrected chi connectivity index (χ3v) is 2.76. The molecule has 2 nitrogen and oxygen atoms in total. The first-order chi connectivity index (χ1) is 5.81. The van der Waals surface area contributed by atoms with Gasteiger partial charge in [-0.3, -0.25) is 0 Å². The highest BCUT2D eigenvalue weighted by Gasteiger charge is 2.33. The normalized spacial score (nSPS) is 13.4. The van der Waals surface area contributed by atoms with Crippen LogP contribution in [-0.2, 0) is 4.74 Å². The summed E-state index contributed by atoms with van der Waals surface area (Å²) in [4.78, 5) is 0. The molecule has 0 aliphatic heterocycles. The Balaban J connectivity index is 3.77. The molecule has 2 heteroatoms. The SMILES string of the molecule is CCCCCOC(C)(C)C(C)(C)N. The van der Waals surface area contributed by atoms with Crippen molar-refractivity contribution in [2.75, 3.05) is 6.61 Å². The largest absolute Gasteiger partial charge is 0.374 e. The van der Waals surface area contributed by atoms with E-state index < -0.39 is 0 Å². The molecule has 80 valence electrons. The molecule has 0 bridgehead atoms. The third-order valence-electron chi connectivity index (χ3n) is 2.76. The van der Waals surface area contributed by atoms with Gasteiger partial charge in [-0.25, -0.2) is 0 Å². The molecule has 0 atom stereocenters. The van der Waals surface area contributed by atoms with Crippen molar-refractivity contribution in [1.82, 2.24) is 0 Å². The molecular weight excluding hydrogens is 162 g/mol. The first kappa shape index (κ1) is 12.9. The van der Waals surface area contributed by atoms with Gasteiger partial charge >= 0.3 is 0 Å². The molecule has 0 heterocycles. The Morgan fingerprint density at radius 1 is 1.08 bits per heavy atom. The highest BCUT2D eigenvalue weighted by molar-refractivity contribution is 4.91. The van der Waals surface area contributed by atoms with Gasteiger partial charge in [0.1, 0.15) is 0 Å². The number of hydrogen-bond acceptors (Lipinski definition) is 2. The molecule has 0 saturated carbocycles. The quantitative estimate of drug-likeness (QED) is 0.649. The summed E-state index contributed by atoms with van der Waals surface area (Å²) in [5.74, 6) is 0. The number of hydrogen-bond donors (Lipinski definition) is 1. The molecule has 13 heavy (non-hydrogen) atoms. The predicted molar refractivity (Wildman–Crippen MR) is 57.8 cm³/mol. The van der Waals surface area contributed by atoms with Crippen LogP contribution >= 0.6 is 0 Å². The Kier molecular flexibility index (Phi) is 4.93. The first-order valence-corrected chi connectivity index (χ1v) is 5.24. The van der Waals surface area contributed by atoms with Crippen LogP contribution in [0.25, 0.3) is 0 Å². The third kappa shape index (κ3) is 4.63. The average molecular weight is 187 g/mol. The van der Waals surface area contributed by atoms with Gasteiger partial charge in [0.05, 0.1) is 5.60 Å². The molecule has 0 rings (SSSR count). The van der Waals surface area contributed by atoms with Gasteiger partial charge in [-0.1, -0.05) is 19.8 Å². The van der Waals surface area contributed by atoms with E-state index in [-0.39, 0.29) is 11.1 Å². The van der Waals surface area contributed by atoms with E-state index in [0.717, 1.165) is 13.0 Å². The van der Waals surface area contributed by atoms with E-state index in [1.165, 1.54) is 12.8 Å². The maximum Gasteiger partial charge on any atom is 0.0799 e. The smallest absolute Gasteiger partial charge is 0.0799 e. The van der Waals surface area contributed by atoms with Gasteiger partial charge in [0, 0.05) is 12.1 Å². The number of nitrogens with two attached hydrogens (primary N) is 1. The van der Waals surface area contributed by atoms with Crippen molar-refractivity contribution in [3.05, 3.63) is 0 Å². The Hall–Kier alpha value is -0.0800. The summed E-state index contributed by atoms with van der Waals surface area (Å²) in [5, 5.41) is 0. The molecule has 0 fully saturated rings. The zero-order valence-electron chi connectivity index (χ0n) is 9.81. The lowest BCUT2D eigenvalue weighted by Gasteiger charge is -2.38. The fraction of sp³-hybridized carbons (Fsp3) is 1.00. The Bertz CT molecular complexity index is 136. The van der Waals surface area contributed by atoms with Crippen molar-refractivity contribution in [3.63, 3.8) is 0 Å². The molecule has 2 N–H and O–H groups in total. The van der Waals surface area contributed by atoms with E-state index in [4.69, 9.17) is 10.5 Å². The summed E-state index contributed by atoms with van der Waals surface area (Å²) in [6, 6.07) is 0. The van der Waals surface area contributed by atoms with Crippen LogP contribution in [-0.4, -0.2) is 17.7 Å². The minimum absolute atomic E-state index is 0.235. The van der Waals surface area contributed by atoms with Crippen molar-refractivity contribution < 1.29 is 4.74 Å². The van der Waals surface area contributed by atoms with Crippen LogP contribution in [0, 0.1) is 0 Å². The molecule has 0 saturated heterocycles. The highest BCUT2D eigenvalue weighted by atomic mass is 16.5. The van der Waals surface area contributed by atoms with Crippen molar-refractivity contribution in [3.8, 4) is 0 Å². The Morgan fingerprint density at radius 2 is 1.62 bits per heavy atom. The van der Waals surface area contributed by atoms with E-state index in [1.807, 2.05) is 13.8 Å². The van der Waals surface area contributed by atoms with Crippen LogP contribution in [0.3, 0.4) is 0 Å². The van der Waals surface area contributed by atoms with Gasteiger partial charge < -0.3 is 10.5 Å². The fourth-order valence-corrected chi connectivity index (χ4v) is 0.865. The molecular formula is C11H25NO. The van der Waals surface area contributed by atoms with Crippen LogP contribution in [0.2, 0.25) is 0 Å². The lowest BCUT2D eigenvalue weighted by Crippen LogP contribution is -2.54. The van der Waals surface area contributed by atoms with E-state index in [0.29, 0.717) is 0 Å². The van der Waals surface area contributed by atoms with Crippen LogP contribution in [0.5, 0.6) is 0 Å². The molecule has 0 amide bonds. The lowest BCUT2D eigenvalue weighted by atomic mass is 9.87. The van der Waals surface area contributed by atoms with Gasteiger partial charge in [-0.15, -0.1) is 0 Å². The van der Waals surface area contributed by atoms with Crippen molar-refractivity contribution in [2.24, 2.45) is 5.73 Å². The molecule has 0 spiro atoms. The summed E-state index contributed by atoms with van der Waals surface area (Å²) in [5.41, 5.74) is 5.49. The molecule has 0 aromatic rings. The summed E-state index contributed by atoms with van der Waals surface area (Å²) < 4.78 is 5.77. The van der Waals surface area contributed by atoms with Gasteiger partial charge in [0.15, 0.2) is 0 Å². The maximum absolute atomic E-state index is 6.00.